The number of aryl methyl sites for hydroxylation is 1. The maximum Gasteiger partial charge on any atom is 0.245 e. The van der Waals surface area contributed by atoms with E-state index < -0.39 is 5.54 Å². The van der Waals surface area contributed by atoms with Crippen LogP contribution >= 0.6 is 0 Å². The van der Waals surface area contributed by atoms with E-state index in [1.807, 2.05) is 38.1 Å². The molecular weight excluding hydrogens is 288 g/mol. The van der Waals surface area contributed by atoms with Crippen LogP contribution in [0, 0.1) is 12.8 Å². The predicted molar refractivity (Wildman–Crippen MR) is 91.8 cm³/mol. The van der Waals surface area contributed by atoms with Crippen LogP contribution in [0.1, 0.15) is 51.2 Å². The van der Waals surface area contributed by atoms with Crippen LogP contribution in [-0.2, 0) is 16.1 Å². The Morgan fingerprint density at radius 3 is 2.57 bits per heavy atom. The van der Waals surface area contributed by atoms with Gasteiger partial charge < -0.3 is 10.2 Å². The zero-order chi connectivity index (χ0) is 17.0. The summed E-state index contributed by atoms with van der Waals surface area (Å²) in [7, 11) is 0. The molecule has 1 aromatic carbocycles. The molecule has 0 spiro atoms. The van der Waals surface area contributed by atoms with E-state index in [0.717, 1.165) is 12.0 Å². The van der Waals surface area contributed by atoms with Crippen LogP contribution in [0.5, 0.6) is 0 Å². The zero-order valence-electron chi connectivity index (χ0n) is 14.7. The Hall–Kier alpha value is -1.84. The highest BCUT2D eigenvalue weighted by molar-refractivity contribution is 5.94. The number of carbonyl (C=O) groups excluding carboxylic acids is 2. The van der Waals surface area contributed by atoms with Gasteiger partial charge in [0.2, 0.25) is 11.8 Å². The molecule has 1 aromatic rings. The molecule has 0 saturated carbocycles. The number of nitrogens with zero attached hydrogens (tertiary/aromatic N) is 1. The fourth-order valence-electron chi connectivity index (χ4n) is 2.94. The number of rotatable bonds is 6. The molecule has 0 radical (unpaired) electrons. The molecule has 0 aromatic heterocycles. The van der Waals surface area contributed by atoms with Gasteiger partial charge in [0, 0.05) is 19.5 Å². The molecule has 1 aliphatic heterocycles. The number of nitrogens with one attached hydrogen (secondary N) is 1. The van der Waals surface area contributed by atoms with Gasteiger partial charge in [-0.05, 0) is 38.2 Å². The van der Waals surface area contributed by atoms with Gasteiger partial charge in [0.1, 0.15) is 5.54 Å². The number of benzene rings is 1. The van der Waals surface area contributed by atoms with Gasteiger partial charge in [0.25, 0.3) is 0 Å². The van der Waals surface area contributed by atoms with E-state index in [4.69, 9.17) is 0 Å². The van der Waals surface area contributed by atoms with Crippen LogP contribution < -0.4 is 5.32 Å². The van der Waals surface area contributed by atoms with Gasteiger partial charge in [-0.15, -0.1) is 0 Å². The van der Waals surface area contributed by atoms with Crippen molar-refractivity contribution in [1.82, 2.24) is 10.2 Å². The Balaban J connectivity index is 2.07. The van der Waals surface area contributed by atoms with Crippen molar-refractivity contribution < 1.29 is 9.59 Å². The van der Waals surface area contributed by atoms with Crippen molar-refractivity contribution in [3.63, 3.8) is 0 Å². The van der Waals surface area contributed by atoms with Crippen molar-refractivity contribution >= 4 is 11.8 Å². The predicted octanol–water partition coefficient (Wildman–Crippen LogP) is 3.04. The first kappa shape index (κ1) is 17.5. The first-order valence-electron chi connectivity index (χ1n) is 8.47. The minimum absolute atomic E-state index is 0.0314. The fourth-order valence-corrected chi connectivity index (χ4v) is 2.94. The van der Waals surface area contributed by atoms with Crippen LogP contribution in [0.25, 0.3) is 0 Å². The highest BCUT2D eigenvalue weighted by atomic mass is 16.2. The molecular formula is C19H28N2O2. The Kier molecular flexibility index (Phi) is 5.45. The van der Waals surface area contributed by atoms with Crippen molar-refractivity contribution in [3.05, 3.63) is 35.4 Å². The van der Waals surface area contributed by atoms with E-state index in [1.54, 1.807) is 4.90 Å². The normalized spacial score (nSPS) is 21.1. The molecule has 2 rings (SSSR count). The Morgan fingerprint density at radius 2 is 1.96 bits per heavy atom. The van der Waals surface area contributed by atoms with E-state index >= 15 is 0 Å². The minimum Gasteiger partial charge on any atom is -0.354 e. The summed E-state index contributed by atoms with van der Waals surface area (Å²) in [5, 5.41) is 3.01. The van der Waals surface area contributed by atoms with Gasteiger partial charge in [-0.2, -0.15) is 0 Å². The average molecular weight is 316 g/mol. The number of likely N-dealkylation sites (tertiary alicyclic amines) is 1. The van der Waals surface area contributed by atoms with Gasteiger partial charge in [-0.25, -0.2) is 0 Å². The SMILES string of the molecule is Cc1ccc(CN2C(=O)CC[C@]2(C)C(=O)NCCC(C)C)cc1. The maximum absolute atomic E-state index is 12.6. The van der Waals surface area contributed by atoms with Crippen molar-refractivity contribution in [2.75, 3.05) is 6.54 Å². The standard InChI is InChI=1S/C19H28N2O2/c1-14(2)10-12-20-18(23)19(4)11-9-17(22)21(19)13-16-7-5-15(3)6-8-16/h5-8,14H,9-13H2,1-4H3,(H,20,23)/t19-/m1/s1. The molecule has 23 heavy (non-hydrogen) atoms. The second kappa shape index (κ2) is 7.16. The summed E-state index contributed by atoms with van der Waals surface area (Å²) in [6.07, 6.45) is 1.99. The zero-order valence-corrected chi connectivity index (χ0v) is 14.7. The Morgan fingerprint density at radius 1 is 1.30 bits per heavy atom. The second-order valence-electron chi connectivity index (χ2n) is 7.18. The number of hydrogen-bond donors (Lipinski definition) is 1. The van der Waals surface area contributed by atoms with E-state index in [1.165, 1.54) is 5.56 Å². The monoisotopic (exact) mass is 316 g/mol. The third-order valence-electron chi connectivity index (χ3n) is 4.68. The summed E-state index contributed by atoms with van der Waals surface area (Å²) in [6, 6.07) is 8.13. The first-order chi connectivity index (χ1) is 10.8. The molecule has 4 heteroatoms. The summed E-state index contributed by atoms with van der Waals surface area (Å²) in [6.45, 7) is 9.35. The van der Waals surface area contributed by atoms with Crippen molar-refractivity contribution in [2.24, 2.45) is 5.92 Å². The van der Waals surface area contributed by atoms with Crippen molar-refractivity contribution in [1.29, 1.82) is 0 Å². The topological polar surface area (TPSA) is 49.4 Å². The fraction of sp³-hybridized carbons (Fsp3) is 0.579. The van der Waals surface area contributed by atoms with E-state index in [2.05, 4.69) is 19.2 Å². The summed E-state index contributed by atoms with van der Waals surface area (Å²) >= 11 is 0. The second-order valence-corrected chi connectivity index (χ2v) is 7.18. The highest BCUT2D eigenvalue weighted by Gasteiger charge is 2.46. The van der Waals surface area contributed by atoms with Crippen LogP contribution in [0.3, 0.4) is 0 Å². The van der Waals surface area contributed by atoms with Gasteiger partial charge in [0.05, 0.1) is 0 Å². The summed E-state index contributed by atoms with van der Waals surface area (Å²) in [5.74, 6) is 0.583. The quantitative estimate of drug-likeness (QED) is 0.877. The maximum atomic E-state index is 12.6. The van der Waals surface area contributed by atoms with E-state index in [9.17, 15) is 9.59 Å². The molecule has 1 aliphatic rings. The number of amides is 2. The van der Waals surface area contributed by atoms with Gasteiger partial charge in [-0.1, -0.05) is 43.7 Å². The lowest BCUT2D eigenvalue weighted by Gasteiger charge is -2.34. The molecule has 1 saturated heterocycles. The average Bonchev–Trinajstić information content (AvgIpc) is 2.78. The lowest BCUT2D eigenvalue weighted by Crippen LogP contribution is -2.54. The van der Waals surface area contributed by atoms with Gasteiger partial charge >= 0.3 is 0 Å². The lowest BCUT2D eigenvalue weighted by molar-refractivity contribution is -0.141. The van der Waals surface area contributed by atoms with E-state index in [0.29, 0.717) is 31.8 Å². The number of hydrogen-bond acceptors (Lipinski definition) is 2. The molecule has 2 amide bonds. The Labute approximate surface area is 139 Å². The van der Waals surface area contributed by atoms with E-state index in [-0.39, 0.29) is 11.8 Å². The van der Waals surface area contributed by atoms with Gasteiger partial charge in [-0.3, -0.25) is 9.59 Å². The third-order valence-corrected chi connectivity index (χ3v) is 4.68. The minimum atomic E-state index is -0.737. The summed E-state index contributed by atoms with van der Waals surface area (Å²) in [4.78, 5) is 26.7. The molecule has 4 nitrogen and oxygen atoms in total. The molecule has 1 heterocycles. The number of carbonyl (C=O) groups is 2. The summed E-state index contributed by atoms with van der Waals surface area (Å²) in [5.41, 5.74) is 1.52. The summed E-state index contributed by atoms with van der Waals surface area (Å²) < 4.78 is 0. The van der Waals surface area contributed by atoms with Crippen LogP contribution in [0.15, 0.2) is 24.3 Å². The highest BCUT2D eigenvalue weighted by Crippen LogP contribution is 2.32. The van der Waals surface area contributed by atoms with Crippen LogP contribution in [-0.4, -0.2) is 28.8 Å². The molecule has 1 fully saturated rings. The van der Waals surface area contributed by atoms with Crippen LogP contribution in [0.2, 0.25) is 0 Å². The van der Waals surface area contributed by atoms with Crippen LogP contribution in [0.4, 0.5) is 0 Å². The van der Waals surface area contributed by atoms with Crippen molar-refractivity contribution in [3.8, 4) is 0 Å². The first-order valence-corrected chi connectivity index (χ1v) is 8.47. The van der Waals surface area contributed by atoms with Gasteiger partial charge in [0.15, 0.2) is 0 Å². The molecule has 126 valence electrons. The Bertz CT molecular complexity index is 565. The molecule has 1 N–H and O–H groups in total. The smallest absolute Gasteiger partial charge is 0.245 e. The lowest BCUT2D eigenvalue weighted by atomic mass is 9.96. The third kappa shape index (κ3) is 4.12. The molecule has 1 atom stereocenters. The largest absolute Gasteiger partial charge is 0.354 e. The van der Waals surface area contributed by atoms with Crippen molar-refractivity contribution in [2.45, 2.75) is 59.0 Å². The molecule has 0 aliphatic carbocycles. The molecule has 0 bridgehead atoms. The molecule has 0 unspecified atom stereocenters.